The summed E-state index contributed by atoms with van der Waals surface area (Å²) in [6, 6.07) is 14.0. The molecule has 0 fully saturated rings. The molecule has 1 heterocycles. The molecule has 21 heavy (non-hydrogen) atoms. The lowest BCUT2D eigenvalue weighted by atomic mass is 10.2. The number of hydrogen-bond donors (Lipinski definition) is 0. The predicted molar refractivity (Wildman–Crippen MR) is 96.9 cm³/mol. The van der Waals surface area contributed by atoms with Crippen molar-refractivity contribution in [3.8, 4) is 5.69 Å². The topological polar surface area (TPSA) is 4.93 Å². The van der Waals surface area contributed by atoms with Gasteiger partial charge in [0.25, 0.3) is 0 Å². The van der Waals surface area contributed by atoms with Crippen LogP contribution in [0, 0.1) is 0 Å². The van der Waals surface area contributed by atoms with Gasteiger partial charge in [-0.3, -0.25) is 0 Å². The first-order valence-corrected chi connectivity index (χ1v) is 9.55. The number of benzene rings is 2. The van der Waals surface area contributed by atoms with Gasteiger partial charge in [-0.05, 0) is 30.7 Å². The van der Waals surface area contributed by atoms with E-state index < -0.39 is 0 Å². The molecule has 3 aromatic rings. The van der Waals surface area contributed by atoms with E-state index in [1.54, 1.807) is 23.5 Å². The zero-order valence-electron chi connectivity index (χ0n) is 11.6. The molecule has 0 aliphatic carbocycles. The van der Waals surface area contributed by atoms with Crippen LogP contribution in [0.3, 0.4) is 0 Å². The van der Waals surface area contributed by atoms with E-state index in [1.807, 2.05) is 24.3 Å². The van der Waals surface area contributed by atoms with Crippen LogP contribution in [0.1, 0.15) is 0 Å². The van der Waals surface area contributed by atoms with E-state index in [-0.39, 0.29) is 0 Å². The van der Waals surface area contributed by atoms with Crippen LogP contribution < -0.4 is 0 Å². The quantitative estimate of drug-likeness (QED) is 0.503. The van der Waals surface area contributed by atoms with Gasteiger partial charge in [-0.2, -0.15) is 0 Å². The molecule has 0 atom stereocenters. The first kappa shape index (κ1) is 15.2. The molecular formula is C16H13Cl2NS2. The molecule has 0 unspecified atom stereocenters. The van der Waals surface area contributed by atoms with E-state index >= 15 is 0 Å². The SMILES string of the molecule is CSc1c(SC)n(-c2c(Cl)cccc2Cl)c2ccccc12. The summed E-state index contributed by atoms with van der Waals surface area (Å²) in [4.78, 5) is 1.26. The lowest BCUT2D eigenvalue weighted by Crippen LogP contribution is -1.98. The fourth-order valence-electron chi connectivity index (χ4n) is 2.49. The fraction of sp³-hybridized carbons (Fsp3) is 0.125. The van der Waals surface area contributed by atoms with Crippen molar-refractivity contribution in [2.24, 2.45) is 0 Å². The first-order chi connectivity index (χ1) is 10.2. The lowest BCUT2D eigenvalue weighted by Gasteiger charge is -2.13. The van der Waals surface area contributed by atoms with Crippen LogP contribution in [-0.4, -0.2) is 17.1 Å². The van der Waals surface area contributed by atoms with Gasteiger partial charge >= 0.3 is 0 Å². The molecule has 0 aliphatic rings. The molecular weight excluding hydrogens is 341 g/mol. The van der Waals surface area contributed by atoms with Crippen molar-refractivity contribution in [2.45, 2.75) is 9.92 Å². The summed E-state index contributed by atoms with van der Waals surface area (Å²) in [5, 5.41) is 3.71. The second-order valence-corrected chi connectivity index (χ2v) is 6.89. The second kappa shape index (κ2) is 6.17. The van der Waals surface area contributed by atoms with Crippen molar-refractivity contribution in [1.82, 2.24) is 4.57 Å². The third-order valence-corrected chi connectivity index (χ3v) is 5.68. The summed E-state index contributed by atoms with van der Waals surface area (Å²) in [6.07, 6.45) is 4.18. The van der Waals surface area contributed by atoms with Crippen LogP contribution in [0.2, 0.25) is 10.0 Å². The van der Waals surface area contributed by atoms with Crippen molar-refractivity contribution in [3.63, 3.8) is 0 Å². The minimum Gasteiger partial charge on any atom is -0.300 e. The number of nitrogens with zero attached hydrogens (tertiary/aromatic N) is 1. The molecule has 0 amide bonds. The molecule has 0 bridgehead atoms. The van der Waals surface area contributed by atoms with Gasteiger partial charge in [0.1, 0.15) is 0 Å². The van der Waals surface area contributed by atoms with E-state index in [9.17, 15) is 0 Å². The molecule has 0 radical (unpaired) electrons. The van der Waals surface area contributed by atoms with Crippen LogP contribution in [0.4, 0.5) is 0 Å². The number of halogens is 2. The van der Waals surface area contributed by atoms with E-state index in [4.69, 9.17) is 23.2 Å². The largest absolute Gasteiger partial charge is 0.300 e. The maximum absolute atomic E-state index is 6.42. The molecule has 108 valence electrons. The zero-order chi connectivity index (χ0) is 15.0. The van der Waals surface area contributed by atoms with Crippen molar-refractivity contribution in [1.29, 1.82) is 0 Å². The van der Waals surface area contributed by atoms with E-state index in [1.165, 1.54) is 15.3 Å². The first-order valence-electron chi connectivity index (χ1n) is 6.34. The maximum atomic E-state index is 6.42. The monoisotopic (exact) mass is 353 g/mol. The Morgan fingerprint density at radius 2 is 1.52 bits per heavy atom. The molecule has 5 heteroatoms. The molecule has 2 aromatic carbocycles. The number of rotatable bonds is 3. The summed E-state index contributed by atoms with van der Waals surface area (Å²) in [5.41, 5.74) is 1.97. The van der Waals surface area contributed by atoms with E-state index in [2.05, 4.69) is 35.3 Å². The van der Waals surface area contributed by atoms with Gasteiger partial charge in [0.15, 0.2) is 0 Å². The molecule has 0 aliphatic heterocycles. The Labute approximate surface area is 142 Å². The molecule has 3 rings (SSSR count). The van der Waals surface area contributed by atoms with Crippen molar-refractivity contribution in [2.75, 3.05) is 12.5 Å². The molecule has 1 nitrogen and oxygen atoms in total. The highest BCUT2D eigenvalue weighted by molar-refractivity contribution is 8.01. The third-order valence-electron chi connectivity index (χ3n) is 3.35. The van der Waals surface area contributed by atoms with Gasteiger partial charge < -0.3 is 4.57 Å². The lowest BCUT2D eigenvalue weighted by molar-refractivity contribution is 0.955. The Bertz CT molecular complexity index is 791. The van der Waals surface area contributed by atoms with Gasteiger partial charge in [0.2, 0.25) is 0 Å². The van der Waals surface area contributed by atoms with Crippen LogP contribution in [-0.2, 0) is 0 Å². The number of hydrogen-bond acceptors (Lipinski definition) is 2. The highest BCUT2D eigenvalue weighted by Gasteiger charge is 2.20. The smallest absolute Gasteiger partial charge is 0.0942 e. The average molecular weight is 354 g/mol. The molecule has 1 aromatic heterocycles. The Hall–Kier alpha value is -0.740. The molecule has 0 saturated heterocycles. The molecule has 0 saturated carbocycles. The Kier molecular flexibility index (Phi) is 4.46. The van der Waals surface area contributed by atoms with Gasteiger partial charge in [0.05, 0.1) is 26.3 Å². The van der Waals surface area contributed by atoms with Crippen molar-refractivity contribution in [3.05, 3.63) is 52.5 Å². The number of aromatic nitrogens is 1. The molecule has 0 spiro atoms. The predicted octanol–water partition coefficient (Wildman–Crippen LogP) is 6.38. The highest BCUT2D eigenvalue weighted by atomic mass is 35.5. The fourth-order valence-corrected chi connectivity index (χ4v) is 4.89. The summed E-state index contributed by atoms with van der Waals surface area (Å²) >= 11 is 16.3. The highest BCUT2D eigenvalue weighted by Crippen LogP contribution is 2.42. The van der Waals surface area contributed by atoms with Crippen molar-refractivity contribution >= 4 is 57.6 Å². The number of thioether (sulfide) groups is 2. The van der Waals surface area contributed by atoms with Crippen LogP contribution in [0.25, 0.3) is 16.6 Å². The summed E-state index contributed by atoms with van der Waals surface area (Å²) in [7, 11) is 0. The van der Waals surface area contributed by atoms with E-state index in [0.717, 1.165) is 11.2 Å². The van der Waals surface area contributed by atoms with Crippen molar-refractivity contribution < 1.29 is 0 Å². The Morgan fingerprint density at radius 1 is 0.857 bits per heavy atom. The normalized spacial score (nSPS) is 11.2. The number of para-hydroxylation sites is 2. The summed E-state index contributed by atoms with van der Waals surface area (Å²) < 4.78 is 2.16. The minimum atomic E-state index is 0.659. The van der Waals surface area contributed by atoms with E-state index in [0.29, 0.717) is 10.0 Å². The maximum Gasteiger partial charge on any atom is 0.0942 e. The van der Waals surface area contributed by atoms with Crippen LogP contribution >= 0.6 is 46.7 Å². The second-order valence-electron chi connectivity index (χ2n) is 4.47. The van der Waals surface area contributed by atoms with Gasteiger partial charge in [-0.15, -0.1) is 23.5 Å². The van der Waals surface area contributed by atoms with Crippen LogP contribution in [0.5, 0.6) is 0 Å². The average Bonchev–Trinajstić information content (AvgIpc) is 2.81. The van der Waals surface area contributed by atoms with Gasteiger partial charge in [-0.1, -0.05) is 47.5 Å². The van der Waals surface area contributed by atoms with Gasteiger partial charge in [-0.25, -0.2) is 0 Å². The van der Waals surface area contributed by atoms with Gasteiger partial charge in [0, 0.05) is 10.3 Å². The standard InChI is InChI=1S/C16H13Cl2NS2/c1-20-15-10-6-3-4-9-13(10)19(16(15)21-2)14-11(17)7-5-8-12(14)18/h3-9H,1-2H3. The Balaban J connectivity index is 2.47. The summed E-state index contributed by atoms with van der Waals surface area (Å²) in [6.45, 7) is 0. The number of fused-ring (bicyclic) bond motifs is 1. The zero-order valence-corrected chi connectivity index (χ0v) is 14.7. The van der Waals surface area contributed by atoms with Crippen LogP contribution in [0.15, 0.2) is 52.4 Å². The Morgan fingerprint density at radius 3 is 2.14 bits per heavy atom. The molecule has 0 N–H and O–H groups in total. The minimum absolute atomic E-state index is 0.659. The summed E-state index contributed by atoms with van der Waals surface area (Å²) in [5.74, 6) is 0. The third kappa shape index (κ3) is 2.46.